The molecule has 0 atom stereocenters. The highest BCUT2D eigenvalue weighted by Gasteiger charge is 2.06. The summed E-state index contributed by atoms with van der Waals surface area (Å²) in [5, 5.41) is 3.14. The number of hydrogen-bond acceptors (Lipinski definition) is 5. The summed E-state index contributed by atoms with van der Waals surface area (Å²) in [7, 11) is 0. The van der Waals surface area contributed by atoms with Gasteiger partial charge in [0.25, 0.3) is 0 Å². The fourth-order valence-electron chi connectivity index (χ4n) is 1.89. The third kappa shape index (κ3) is 4.48. The van der Waals surface area contributed by atoms with Gasteiger partial charge in [0.15, 0.2) is 0 Å². The summed E-state index contributed by atoms with van der Waals surface area (Å²) in [4.78, 5) is 15.7. The van der Waals surface area contributed by atoms with E-state index in [9.17, 15) is 4.79 Å². The number of rotatable bonds is 7. The molecule has 0 spiro atoms. The molecule has 0 amide bonds. The lowest BCUT2D eigenvalue weighted by atomic mass is 10.2. The van der Waals surface area contributed by atoms with E-state index in [2.05, 4.69) is 10.3 Å². The summed E-state index contributed by atoms with van der Waals surface area (Å²) in [6, 6.07) is 11.3. The number of hydrogen-bond donors (Lipinski definition) is 1. The number of benzene rings is 1. The Labute approximate surface area is 130 Å². The number of carbonyl (C=O) groups excluding carboxylic acids is 1. The highest BCUT2D eigenvalue weighted by Crippen LogP contribution is 2.15. The van der Waals surface area contributed by atoms with E-state index in [4.69, 9.17) is 9.47 Å². The number of aryl methyl sites for hydroxylation is 1. The van der Waals surface area contributed by atoms with Gasteiger partial charge in [0.1, 0.15) is 18.2 Å². The van der Waals surface area contributed by atoms with Crippen LogP contribution >= 0.6 is 0 Å². The second kappa shape index (κ2) is 8.02. The number of anilines is 1. The standard InChI is InChI=1S/C17H20N2O3/c1-3-21-17(20)14-8-9-16(19-12-14)18-10-11-22-15-7-5-4-6-13(15)2/h4-9,12H,3,10-11H2,1-2H3,(H,18,19). The van der Waals surface area contributed by atoms with E-state index in [1.165, 1.54) is 6.20 Å². The van der Waals surface area contributed by atoms with E-state index in [1.807, 2.05) is 31.2 Å². The van der Waals surface area contributed by atoms with Crippen molar-refractivity contribution >= 4 is 11.8 Å². The van der Waals surface area contributed by atoms with Crippen LogP contribution in [0.3, 0.4) is 0 Å². The SMILES string of the molecule is CCOC(=O)c1ccc(NCCOc2ccccc2C)nc1. The Balaban J connectivity index is 1.78. The van der Waals surface area contributed by atoms with Crippen molar-refractivity contribution in [3.63, 3.8) is 0 Å². The van der Waals surface area contributed by atoms with Gasteiger partial charge in [-0.2, -0.15) is 0 Å². The molecule has 0 saturated heterocycles. The van der Waals surface area contributed by atoms with Crippen LogP contribution in [0.1, 0.15) is 22.8 Å². The molecule has 0 bridgehead atoms. The van der Waals surface area contributed by atoms with Crippen molar-refractivity contribution in [2.75, 3.05) is 25.1 Å². The number of nitrogens with zero attached hydrogens (tertiary/aromatic N) is 1. The molecule has 1 aromatic heterocycles. The van der Waals surface area contributed by atoms with Crippen molar-refractivity contribution in [3.05, 3.63) is 53.7 Å². The zero-order valence-electron chi connectivity index (χ0n) is 12.8. The molecule has 5 nitrogen and oxygen atoms in total. The molecule has 0 fully saturated rings. The van der Waals surface area contributed by atoms with Gasteiger partial charge >= 0.3 is 5.97 Å². The van der Waals surface area contributed by atoms with Gasteiger partial charge in [-0.05, 0) is 37.6 Å². The first kappa shape index (κ1) is 15.8. The maximum atomic E-state index is 11.5. The van der Waals surface area contributed by atoms with Crippen LogP contribution in [0.25, 0.3) is 0 Å². The van der Waals surface area contributed by atoms with Crippen LogP contribution in [-0.4, -0.2) is 30.7 Å². The van der Waals surface area contributed by atoms with E-state index in [1.54, 1.807) is 19.1 Å². The molecule has 0 saturated carbocycles. The largest absolute Gasteiger partial charge is 0.491 e. The number of para-hydroxylation sites is 1. The number of ether oxygens (including phenoxy) is 2. The maximum absolute atomic E-state index is 11.5. The van der Waals surface area contributed by atoms with Crippen LogP contribution in [0.15, 0.2) is 42.6 Å². The predicted molar refractivity (Wildman–Crippen MR) is 85.4 cm³/mol. The summed E-state index contributed by atoms with van der Waals surface area (Å²) >= 11 is 0. The Hall–Kier alpha value is -2.56. The molecule has 0 aliphatic rings. The molecule has 0 radical (unpaired) electrons. The molecule has 1 aromatic carbocycles. The van der Waals surface area contributed by atoms with Crippen LogP contribution in [0, 0.1) is 6.92 Å². The average Bonchev–Trinajstić information content (AvgIpc) is 2.54. The van der Waals surface area contributed by atoms with E-state index in [-0.39, 0.29) is 5.97 Å². The molecule has 2 aromatic rings. The monoisotopic (exact) mass is 300 g/mol. The van der Waals surface area contributed by atoms with Gasteiger partial charge in [0.05, 0.1) is 18.7 Å². The van der Waals surface area contributed by atoms with Crippen molar-refractivity contribution < 1.29 is 14.3 Å². The lowest BCUT2D eigenvalue weighted by molar-refractivity contribution is 0.0526. The van der Waals surface area contributed by atoms with Crippen LogP contribution in [-0.2, 0) is 4.74 Å². The number of esters is 1. The van der Waals surface area contributed by atoms with Crippen molar-refractivity contribution in [1.82, 2.24) is 4.98 Å². The summed E-state index contributed by atoms with van der Waals surface area (Å²) in [6.07, 6.45) is 1.50. The maximum Gasteiger partial charge on any atom is 0.339 e. The molecule has 1 heterocycles. The highest BCUT2D eigenvalue weighted by molar-refractivity contribution is 5.89. The summed E-state index contributed by atoms with van der Waals surface area (Å²) in [6.45, 7) is 5.30. The normalized spacial score (nSPS) is 10.1. The molecule has 0 aliphatic carbocycles. The van der Waals surface area contributed by atoms with Crippen molar-refractivity contribution in [2.45, 2.75) is 13.8 Å². The Bertz CT molecular complexity index is 612. The number of aromatic nitrogens is 1. The Morgan fingerprint density at radius 1 is 1.23 bits per heavy atom. The molecular formula is C17H20N2O3. The molecule has 5 heteroatoms. The third-order valence-corrected chi connectivity index (χ3v) is 3.03. The molecule has 0 aliphatic heterocycles. The van der Waals surface area contributed by atoms with Crippen LogP contribution in [0.5, 0.6) is 5.75 Å². The number of nitrogens with one attached hydrogen (secondary N) is 1. The second-order valence-corrected chi connectivity index (χ2v) is 4.69. The Morgan fingerprint density at radius 2 is 2.05 bits per heavy atom. The fourth-order valence-corrected chi connectivity index (χ4v) is 1.89. The van der Waals surface area contributed by atoms with E-state index in [0.29, 0.717) is 31.1 Å². The van der Waals surface area contributed by atoms with Gasteiger partial charge in [-0.3, -0.25) is 0 Å². The number of carbonyl (C=O) groups is 1. The minimum atomic E-state index is -0.357. The average molecular weight is 300 g/mol. The van der Waals surface area contributed by atoms with Gasteiger partial charge in [0.2, 0.25) is 0 Å². The van der Waals surface area contributed by atoms with E-state index < -0.39 is 0 Å². The van der Waals surface area contributed by atoms with Gasteiger partial charge in [0, 0.05) is 6.20 Å². The topological polar surface area (TPSA) is 60.5 Å². The first-order chi connectivity index (χ1) is 10.7. The van der Waals surface area contributed by atoms with Crippen LogP contribution in [0.4, 0.5) is 5.82 Å². The Morgan fingerprint density at radius 3 is 2.73 bits per heavy atom. The molecule has 2 rings (SSSR count). The lowest BCUT2D eigenvalue weighted by Gasteiger charge is -2.10. The molecule has 0 unspecified atom stereocenters. The Kier molecular flexibility index (Phi) is 5.77. The van der Waals surface area contributed by atoms with E-state index in [0.717, 1.165) is 11.3 Å². The van der Waals surface area contributed by atoms with Gasteiger partial charge in [-0.15, -0.1) is 0 Å². The van der Waals surface area contributed by atoms with E-state index >= 15 is 0 Å². The second-order valence-electron chi connectivity index (χ2n) is 4.69. The highest BCUT2D eigenvalue weighted by atomic mass is 16.5. The molecule has 116 valence electrons. The van der Waals surface area contributed by atoms with Gasteiger partial charge in [-0.1, -0.05) is 18.2 Å². The molecule has 1 N–H and O–H groups in total. The molecule has 22 heavy (non-hydrogen) atoms. The summed E-state index contributed by atoms with van der Waals surface area (Å²) < 4.78 is 10.6. The zero-order valence-corrected chi connectivity index (χ0v) is 12.8. The minimum absolute atomic E-state index is 0.356. The number of pyridine rings is 1. The first-order valence-corrected chi connectivity index (χ1v) is 7.26. The van der Waals surface area contributed by atoms with Crippen LogP contribution < -0.4 is 10.1 Å². The fraction of sp³-hybridized carbons (Fsp3) is 0.294. The smallest absolute Gasteiger partial charge is 0.339 e. The lowest BCUT2D eigenvalue weighted by Crippen LogP contribution is -2.13. The van der Waals surface area contributed by atoms with Crippen molar-refractivity contribution in [1.29, 1.82) is 0 Å². The van der Waals surface area contributed by atoms with Crippen LogP contribution in [0.2, 0.25) is 0 Å². The van der Waals surface area contributed by atoms with Gasteiger partial charge < -0.3 is 14.8 Å². The van der Waals surface area contributed by atoms with Crippen molar-refractivity contribution in [3.8, 4) is 5.75 Å². The minimum Gasteiger partial charge on any atom is -0.491 e. The third-order valence-electron chi connectivity index (χ3n) is 3.03. The predicted octanol–water partition coefficient (Wildman–Crippen LogP) is 3.06. The summed E-state index contributed by atoms with van der Waals surface area (Å²) in [5.74, 6) is 1.22. The van der Waals surface area contributed by atoms with Gasteiger partial charge in [-0.25, -0.2) is 9.78 Å². The summed E-state index contributed by atoms with van der Waals surface area (Å²) in [5.41, 5.74) is 1.56. The first-order valence-electron chi connectivity index (χ1n) is 7.26. The zero-order chi connectivity index (χ0) is 15.8. The van der Waals surface area contributed by atoms with Crippen molar-refractivity contribution in [2.24, 2.45) is 0 Å². The quantitative estimate of drug-likeness (QED) is 0.629. The molecular weight excluding hydrogens is 280 g/mol.